The Labute approximate surface area is 264 Å². The topological polar surface area (TPSA) is 178 Å². The van der Waals surface area contributed by atoms with Crippen LogP contribution in [0.5, 0.6) is 0 Å². The summed E-state index contributed by atoms with van der Waals surface area (Å²) >= 11 is 0. The van der Waals surface area contributed by atoms with E-state index in [1.807, 2.05) is 23.9 Å². The highest BCUT2D eigenvalue weighted by Crippen LogP contribution is 2.19. The molecule has 0 saturated heterocycles. The summed E-state index contributed by atoms with van der Waals surface area (Å²) in [5.41, 5.74) is 13.1. The molecule has 5 aromatic rings. The minimum absolute atomic E-state index is 0.0112. The number of rotatable bonds is 10. The van der Waals surface area contributed by atoms with E-state index in [0.29, 0.717) is 50.7 Å². The fourth-order valence-corrected chi connectivity index (χ4v) is 4.23. The highest BCUT2D eigenvalue weighted by atomic mass is 16.2. The zero-order valence-electron chi connectivity index (χ0n) is 24.7. The lowest BCUT2D eigenvalue weighted by Gasteiger charge is -2.09. The van der Waals surface area contributed by atoms with Gasteiger partial charge in [-0.15, -0.1) is 5.11 Å². The maximum atomic E-state index is 12.8. The van der Waals surface area contributed by atoms with Crippen molar-refractivity contribution in [2.24, 2.45) is 23.1 Å². The van der Waals surface area contributed by atoms with Gasteiger partial charge in [0, 0.05) is 39.7 Å². The number of nitrogens with zero attached hydrogens (tertiary/aromatic N) is 3. The van der Waals surface area contributed by atoms with E-state index in [-0.39, 0.29) is 23.6 Å². The molecule has 46 heavy (non-hydrogen) atoms. The summed E-state index contributed by atoms with van der Waals surface area (Å²) in [7, 11) is 1.86. The van der Waals surface area contributed by atoms with Gasteiger partial charge in [0.25, 0.3) is 17.7 Å². The first kappa shape index (κ1) is 30.8. The van der Waals surface area contributed by atoms with Gasteiger partial charge in [0.2, 0.25) is 0 Å². The largest absolute Gasteiger partial charge is 0.384 e. The molecule has 0 fully saturated rings. The number of aryl methyl sites for hydroxylation is 1. The normalized spacial score (nSPS) is 10.6. The predicted octanol–water partition coefficient (Wildman–Crippen LogP) is 5.66. The highest BCUT2D eigenvalue weighted by Gasteiger charge is 2.12. The molecule has 7 N–H and O–H groups in total. The molecule has 0 atom stereocenters. The third kappa shape index (κ3) is 8.23. The third-order valence-corrected chi connectivity index (χ3v) is 6.68. The molecular formula is C34H30N9O3+. The molecule has 0 aliphatic carbocycles. The molecule has 0 radical (unpaired) electrons. The fourth-order valence-electron chi connectivity index (χ4n) is 4.23. The first-order chi connectivity index (χ1) is 22.2. The number of hydrogen-bond donors (Lipinski definition) is 6. The quantitative estimate of drug-likeness (QED) is 0.0391. The summed E-state index contributed by atoms with van der Waals surface area (Å²) < 4.78 is 1.83. The standard InChI is InChI=1S/C34H29N9O3/c1-43-20-2-3-30(21-43)39-34(46)24-6-4-23(5-7-24)32(44)37-26-12-10-25(11-13-26)33(45)38-27-16-18-29(19-17-27)41-42-40-28-14-8-22(9-15-28)31(35)36/h2-21H,1H3,(H6-,35,36,37,38,39,40,41,42,44,45,46)/p+1. The van der Waals surface area contributed by atoms with Crippen molar-refractivity contribution in [2.75, 3.05) is 21.4 Å². The van der Waals surface area contributed by atoms with Crippen molar-refractivity contribution >= 4 is 52.0 Å². The van der Waals surface area contributed by atoms with Crippen molar-refractivity contribution in [2.45, 2.75) is 0 Å². The number of anilines is 4. The van der Waals surface area contributed by atoms with Gasteiger partial charge < -0.3 is 21.7 Å². The minimum atomic E-state index is -0.349. The van der Waals surface area contributed by atoms with Crippen molar-refractivity contribution in [1.82, 2.24) is 0 Å². The number of aromatic nitrogens is 1. The number of pyridine rings is 1. The summed E-state index contributed by atoms with van der Waals surface area (Å²) in [5, 5.41) is 23.9. The number of amides is 3. The Bertz CT molecular complexity index is 1900. The van der Waals surface area contributed by atoms with Crippen LogP contribution in [0.25, 0.3) is 0 Å². The van der Waals surface area contributed by atoms with Gasteiger partial charge in [-0.2, -0.15) is 0 Å². The van der Waals surface area contributed by atoms with Crippen LogP contribution in [0, 0.1) is 5.41 Å². The lowest BCUT2D eigenvalue weighted by molar-refractivity contribution is -0.670. The molecule has 228 valence electrons. The summed E-state index contributed by atoms with van der Waals surface area (Å²) in [6.07, 6.45) is 3.66. The fraction of sp³-hybridized carbons (Fsp3) is 0.0294. The molecule has 12 nitrogen and oxygen atoms in total. The number of nitrogens with two attached hydrogens (primary N) is 1. The van der Waals surface area contributed by atoms with Crippen molar-refractivity contribution in [3.8, 4) is 0 Å². The number of carbonyl (C=O) groups excluding carboxylic acids is 3. The molecule has 0 aliphatic rings. The molecule has 5 rings (SSSR count). The zero-order valence-corrected chi connectivity index (χ0v) is 24.7. The maximum absolute atomic E-state index is 12.8. The molecule has 0 unspecified atom stereocenters. The second-order valence-corrected chi connectivity index (χ2v) is 10.1. The van der Waals surface area contributed by atoms with E-state index >= 15 is 0 Å². The number of hydrogen-bond acceptors (Lipinski definition) is 6. The molecule has 1 heterocycles. The molecule has 12 heteroatoms. The van der Waals surface area contributed by atoms with E-state index in [1.165, 1.54) is 0 Å². The van der Waals surface area contributed by atoms with Crippen molar-refractivity contribution in [1.29, 1.82) is 5.41 Å². The van der Waals surface area contributed by atoms with Gasteiger partial charge in [-0.25, -0.2) is 4.57 Å². The maximum Gasteiger partial charge on any atom is 0.255 e. The predicted molar refractivity (Wildman–Crippen MR) is 176 cm³/mol. The van der Waals surface area contributed by atoms with Crippen LogP contribution in [0.15, 0.2) is 132 Å². The van der Waals surface area contributed by atoms with Crippen LogP contribution < -0.4 is 31.7 Å². The van der Waals surface area contributed by atoms with Gasteiger partial charge in [-0.1, -0.05) is 5.22 Å². The summed E-state index contributed by atoms with van der Waals surface area (Å²) in [4.78, 5) is 38.1. The number of amidine groups is 1. The van der Waals surface area contributed by atoms with Crippen LogP contribution in [0.1, 0.15) is 36.6 Å². The van der Waals surface area contributed by atoms with E-state index in [9.17, 15) is 14.4 Å². The van der Waals surface area contributed by atoms with Gasteiger partial charge in [0.1, 0.15) is 18.6 Å². The Kier molecular flexibility index (Phi) is 9.49. The molecule has 4 aromatic carbocycles. The van der Waals surface area contributed by atoms with Gasteiger partial charge in [0.15, 0.2) is 12.4 Å². The van der Waals surface area contributed by atoms with E-state index in [2.05, 4.69) is 31.7 Å². The van der Waals surface area contributed by atoms with E-state index in [4.69, 9.17) is 11.1 Å². The lowest BCUT2D eigenvalue weighted by atomic mass is 10.1. The smallest absolute Gasteiger partial charge is 0.255 e. The van der Waals surface area contributed by atoms with Crippen molar-refractivity contribution in [3.63, 3.8) is 0 Å². The summed E-state index contributed by atoms with van der Waals surface area (Å²) in [5.74, 6) is -0.960. The minimum Gasteiger partial charge on any atom is -0.384 e. The first-order valence-corrected chi connectivity index (χ1v) is 14.0. The number of nitrogens with one attached hydrogen (secondary N) is 5. The van der Waals surface area contributed by atoms with Gasteiger partial charge in [-0.3, -0.25) is 25.2 Å². The Hall–Kier alpha value is -6.69. The monoisotopic (exact) mass is 612 g/mol. The van der Waals surface area contributed by atoms with Crippen molar-refractivity contribution < 1.29 is 19.0 Å². The molecule has 1 aromatic heterocycles. The second kappa shape index (κ2) is 14.2. The van der Waals surface area contributed by atoms with E-state index < -0.39 is 0 Å². The Morgan fingerprint density at radius 1 is 0.609 bits per heavy atom. The van der Waals surface area contributed by atoms with Crippen LogP contribution in [-0.4, -0.2) is 23.6 Å². The van der Waals surface area contributed by atoms with Crippen molar-refractivity contribution in [3.05, 3.63) is 144 Å². The number of benzene rings is 4. The summed E-state index contributed by atoms with van der Waals surface area (Å²) in [6.45, 7) is 0. The summed E-state index contributed by atoms with van der Waals surface area (Å²) in [6, 6.07) is 30.2. The van der Waals surface area contributed by atoms with Crippen LogP contribution >= 0.6 is 0 Å². The highest BCUT2D eigenvalue weighted by molar-refractivity contribution is 6.08. The van der Waals surface area contributed by atoms with Crippen LogP contribution in [-0.2, 0) is 7.05 Å². The molecule has 0 spiro atoms. The van der Waals surface area contributed by atoms with Crippen LogP contribution in [0.2, 0.25) is 0 Å². The number of carbonyl (C=O) groups is 3. The van der Waals surface area contributed by atoms with E-state index in [1.54, 1.807) is 109 Å². The first-order valence-electron chi connectivity index (χ1n) is 14.0. The number of nitrogen functional groups attached to an aromatic ring is 1. The Morgan fingerprint density at radius 2 is 1.04 bits per heavy atom. The molecule has 3 amide bonds. The zero-order chi connectivity index (χ0) is 32.5. The van der Waals surface area contributed by atoms with Gasteiger partial charge >= 0.3 is 0 Å². The van der Waals surface area contributed by atoms with Crippen LogP contribution in [0.3, 0.4) is 0 Å². The SMILES string of the molecule is C[n+]1cccc(NC(=O)c2ccc(C(=O)Nc3ccc(C(=O)Nc4ccc(N=NNc5ccc(C(=N)N)cc5)cc4)cc3)cc2)c1. The average Bonchev–Trinajstić information content (AvgIpc) is 3.06. The van der Waals surface area contributed by atoms with E-state index in [0.717, 1.165) is 0 Å². The molecule has 0 saturated carbocycles. The molecule has 0 bridgehead atoms. The Balaban J connectivity index is 1.10. The van der Waals surface area contributed by atoms with Crippen LogP contribution in [0.4, 0.5) is 28.4 Å². The lowest BCUT2D eigenvalue weighted by Crippen LogP contribution is -2.27. The third-order valence-electron chi connectivity index (χ3n) is 6.68. The van der Waals surface area contributed by atoms with Gasteiger partial charge in [-0.05, 0) is 103 Å². The van der Waals surface area contributed by atoms with Gasteiger partial charge in [0.05, 0.1) is 11.4 Å². The molecule has 0 aliphatic heterocycles. The molecular weight excluding hydrogens is 582 g/mol. The average molecular weight is 613 g/mol. The Morgan fingerprint density at radius 3 is 1.54 bits per heavy atom. The second-order valence-electron chi connectivity index (χ2n) is 10.1.